The maximum Gasteiger partial charge on any atom is 0.122 e. The number of benzene rings is 1. The lowest BCUT2D eigenvalue weighted by atomic mass is 10.2. The van der Waals surface area contributed by atoms with Gasteiger partial charge in [-0.2, -0.15) is 0 Å². The van der Waals surface area contributed by atoms with Crippen LogP contribution < -0.4 is 4.74 Å². The predicted octanol–water partition coefficient (Wildman–Crippen LogP) is 3.38. The Morgan fingerprint density at radius 2 is 1.80 bits per heavy atom. The van der Waals surface area contributed by atoms with Crippen molar-refractivity contribution in [1.29, 1.82) is 0 Å². The summed E-state index contributed by atoms with van der Waals surface area (Å²) in [5.41, 5.74) is 1.19. The van der Waals surface area contributed by atoms with Crippen LogP contribution in [-0.4, -0.2) is 13.2 Å². The average molecular weight is 249 g/mol. The monoisotopic (exact) mass is 248 g/mol. The van der Waals surface area contributed by atoms with E-state index in [0.717, 1.165) is 31.8 Å². The van der Waals surface area contributed by atoms with E-state index in [0.29, 0.717) is 0 Å². The van der Waals surface area contributed by atoms with Crippen LogP contribution in [0.4, 0.5) is 0 Å². The second-order valence-electron chi connectivity index (χ2n) is 3.19. The van der Waals surface area contributed by atoms with Crippen LogP contribution in [0.3, 0.4) is 0 Å². The Bertz CT molecular complexity index is 269. The quantitative estimate of drug-likeness (QED) is 0.568. The van der Waals surface area contributed by atoms with E-state index >= 15 is 0 Å². The third kappa shape index (κ3) is 5.99. The number of ether oxygens (including phenoxy) is 1. The van der Waals surface area contributed by atoms with Crippen molar-refractivity contribution >= 4 is 21.9 Å². The largest absolute Gasteiger partial charge is 0.493 e. The highest BCUT2D eigenvalue weighted by Gasteiger charge is 1.96. The molecule has 4 heteroatoms. The highest BCUT2D eigenvalue weighted by molar-refractivity contribution is 7.09. The van der Waals surface area contributed by atoms with Gasteiger partial charge in [-0.3, -0.25) is 0 Å². The zero-order chi connectivity index (χ0) is 10.2. The molecule has 0 aliphatic heterocycles. The van der Waals surface area contributed by atoms with Gasteiger partial charge < -0.3 is 9.26 Å². The third-order valence-corrected chi connectivity index (χ3v) is 2.24. The lowest BCUT2D eigenvalue weighted by molar-refractivity contribution is 0.281. The molecule has 1 aromatic carbocycles. The number of para-hydroxylation sites is 1. The highest BCUT2D eigenvalue weighted by atomic mass is 35.5. The van der Waals surface area contributed by atoms with Crippen LogP contribution in [0.5, 0.6) is 5.75 Å². The Labute approximate surface area is 100 Å². The first-order valence-electron chi connectivity index (χ1n) is 4.84. The average Bonchev–Trinajstić information content (AvgIpc) is 2.20. The topological polar surface area (TPSA) is 18.5 Å². The number of unbranched alkanes of at least 4 members (excludes halogenated alkanes) is 1. The second-order valence-corrected chi connectivity index (χ2v) is 3.53. The smallest absolute Gasteiger partial charge is 0.122 e. The zero-order valence-corrected chi connectivity index (χ0v) is 10.9. The summed E-state index contributed by atoms with van der Waals surface area (Å²) in [6.07, 6.45) is 2.07. The van der Waals surface area contributed by atoms with E-state index in [-0.39, 0.29) is 12.4 Å². The SMILES string of the molecule is Cc1ccccc1OCCCCOP.Cl. The van der Waals surface area contributed by atoms with Crippen LogP contribution in [0.1, 0.15) is 18.4 Å². The van der Waals surface area contributed by atoms with E-state index in [4.69, 9.17) is 9.26 Å². The number of hydrogen-bond acceptors (Lipinski definition) is 2. The molecule has 0 fully saturated rings. The molecule has 1 rings (SSSR count). The molecule has 15 heavy (non-hydrogen) atoms. The molecule has 0 aliphatic rings. The van der Waals surface area contributed by atoms with E-state index in [1.807, 2.05) is 18.2 Å². The predicted molar refractivity (Wildman–Crippen MR) is 68.8 cm³/mol. The van der Waals surface area contributed by atoms with E-state index in [1.165, 1.54) is 5.56 Å². The minimum atomic E-state index is 0. The van der Waals surface area contributed by atoms with Gasteiger partial charge in [-0.25, -0.2) is 0 Å². The fraction of sp³-hybridized carbons (Fsp3) is 0.455. The van der Waals surface area contributed by atoms with Crippen molar-refractivity contribution in [3.05, 3.63) is 29.8 Å². The molecule has 0 N–H and O–H groups in total. The molecule has 0 aromatic heterocycles. The third-order valence-electron chi connectivity index (χ3n) is 2.01. The Hall–Kier alpha value is -0.300. The molecule has 0 amide bonds. The van der Waals surface area contributed by atoms with Crippen LogP contribution in [-0.2, 0) is 4.52 Å². The molecule has 0 saturated carbocycles. The Balaban J connectivity index is 0.00000196. The van der Waals surface area contributed by atoms with Gasteiger partial charge >= 0.3 is 0 Å². The lowest BCUT2D eigenvalue weighted by Crippen LogP contribution is -1.99. The van der Waals surface area contributed by atoms with Crippen molar-refractivity contribution < 1.29 is 9.26 Å². The minimum Gasteiger partial charge on any atom is -0.493 e. The van der Waals surface area contributed by atoms with Crippen molar-refractivity contribution in [3.63, 3.8) is 0 Å². The highest BCUT2D eigenvalue weighted by Crippen LogP contribution is 2.16. The Morgan fingerprint density at radius 3 is 2.47 bits per heavy atom. The molecular formula is C11H18ClO2P. The molecule has 2 nitrogen and oxygen atoms in total. The number of halogens is 1. The van der Waals surface area contributed by atoms with Gasteiger partial charge in [0.1, 0.15) is 5.75 Å². The van der Waals surface area contributed by atoms with Crippen LogP contribution in [0.25, 0.3) is 0 Å². The molecule has 0 bridgehead atoms. The van der Waals surface area contributed by atoms with Crippen LogP contribution in [0, 0.1) is 6.92 Å². The van der Waals surface area contributed by atoms with Crippen molar-refractivity contribution in [1.82, 2.24) is 0 Å². The van der Waals surface area contributed by atoms with Crippen LogP contribution >= 0.6 is 21.9 Å². The summed E-state index contributed by atoms with van der Waals surface area (Å²) in [5.74, 6) is 0.985. The first-order valence-corrected chi connectivity index (χ1v) is 5.32. The zero-order valence-electron chi connectivity index (χ0n) is 8.94. The summed E-state index contributed by atoms with van der Waals surface area (Å²) in [6.45, 7) is 3.60. The first-order chi connectivity index (χ1) is 6.84. The minimum absolute atomic E-state index is 0. The molecule has 1 aromatic rings. The molecule has 1 atom stereocenters. The van der Waals surface area contributed by atoms with Crippen molar-refractivity contribution in [2.45, 2.75) is 19.8 Å². The molecule has 0 spiro atoms. The van der Waals surface area contributed by atoms with Crippen molar-refractivity contribution in [2.24, 2.45) is 0 Å². The summed E-state index contributed by atoms with van der Waals surface area (Å²) in [4.78, 5) is 0. The lowest BCUT2D eigenvalue weighted by Gasteiger charge is -2.07. The van der Waals surface area contributed by atoms with Crippen molar-refractivity contribution in [2.75, 3.05) is 13.2 Å². The summed E-state index contributed by atoms with van der Waals surface area (Å²) in [5, 5.41) is 0. The van der Waals surface area contributed by atoms with E-state index in [2.05, 4.69) is 22.5 Å². The van der Waals surface area contributed by atoms with Gasteiger partial charge in [0.2, 0.25) is 0 Å². The normalized spacial score (nSPS) is 9.47. The summed E-state index contributed by atoms with van der Waals surface area (Å²) in [6, 6.07) is 8.07. The number of hydrogen-bond donors (Lipinski definition) is 0. The maximum absolute atomic E-state index is 5.62. The van der Waals surface area contributed by atoms with E-state index < -0.39 is 0 Å². The molecular weight excluding hydrogens is 231 g/mol. The van der Waals surface area contributed by atoms with E-state index in [9.17, 15) is 0 Å². The van der Waals surface area contributed by atoms with Gasteiger partial charge in [-0.1, -0.05) is 18.2 Å². The standard InChI is InChI=1S/C11H17O2P.ClH/c1-10-6-2-3-7-11(10)12-8-4-5-9-13-14;/h2-3,6-7H,4-5,8-9,14H2,1H3;1H. The fourth-order valence-corrected chi connectivity index (χ4v) is 1.35. The van der Waals surface area contributed by atoms with E-state index in [1.54, 1.807) is 0 Å². The van der Waals surface area contributed by atoms with Gasteiger partial charge in [0, 0.05) is 9.47 Å². The second kappa shape index (κ2) is 8.96. The summed E-state index contributed by atoms with van der Waals surface area (Å²) in [7, 11) is 2.25. The van der Waals surface area contributed by atoms with Gasteiger partial charge in [-0.15, -0.1) is 12.4 Å². The van der Waals surface area contributed by atoms with Gasteiger partial charge in [0.25, 0.3) is 0 Å². The summed E-state index contributed by atoms with van der Waals surface area (Å²) < 4.78 is 10.5. The Morgan fingerprint density at radius 1 is 1.13 bits per heavy atom. The molecule has 86 valence electrons. The maximum atomic E-state index is 5.62. The van der Waals surface area contributed by atoms with Gasteiger partial charge in [-0.05, 0) is 31.4 Å². The van der Waals surface area contributed by atoms with Crippen LogP contribution in [0.2, 0.25) is 0 Å². The molecule has 0 aliphatic carbocycles. The molecule has 0 radical (unpaired) electrons. The number of aryl methyl sites for hydroxylation is 1. The Kier molecular flexibility index (Phi) is 8.79. The molecule has 0 saturated heterocycles. The number of rotatable bonds is 6. The fourth-order valence-electron chi connectivity index (χ4n) is 1.19. The summed E-state index contributed by atoms with van der Waals surface area (Å²) >= 11 is 0. The molecule has 1 unspecified atom stereocenters. The molecule has 0 heterocycles. The van der Waals surface area contributed by atoms with Crippen LogP contribution in [0.15, 0.2) is 24.3 Å². The van der Waals surface area contributed by atoms with Gasteiger partial charge in [0.05, 0.1) is 13.2 Å². The van der Waals surface area contributed by atoms with Gasteiger partial charge in [0.15, 0.2) is 0 Å². The first kappa shape index (κ1) is 14.7. The van der Waals surface area contributed by atoms with Crippen molar-refractivity contribution in [3.8, 4) is 5.75 Å².